The summed E-state index contributed by atoms with van der Waals surface area (Å²) in [6.07, 6.45) is 0. The summed E-state index contributed by atoms with van der Waals surface area (Å²) in [6.45, 7) is 1.39. The highest BCUT2D eigenvalue weighted by Crippen LogP contribution is 2.30. The van der Waals surface area contributed by atoms with Gasteiger partial charge < -0.3 is 10.1 Å². The van der Waals surface area contributed by atoms with Crippen molar-refractivity contribution in [3.05, 3.63) is 51.5 Å². The third-order valence-electron chi connectivity index (χ3n) is 3.37. The fourth-order valence-corrected chi connectivity index (χ4v) is 4.06. The van der Waals surface area contributed by atoms with E-state index in [4.69, 9.17) is 39.5 Å². The van der Waals surface area contributed by atoms with Crippen LogP contribution in [0, 0.1) is 0 Å². The number of ether oxygens (including phenoxy) is 1. The zero-order valence-corrected chi connectivity index (χ0v) is 16.8. The highest BCUT2D eigenvalue weighted by molar-refractivity contribution is 7.89. The zero-order chi connectivity index (χ0) is 19.5. The Balaban J connectivity index is 2.16. The number of para-hydroxylation sites is 1. The van der Waals surface area contributed by atoms with Crippen LogP contribution in [0.4, 0.5) is 5.69 Å². The third-order valence-corrected chi connectivity index (χ3v) is 5.83. The lowest BCUT2D eigenvalue weighted by Gasteiger charge is -2.16. The van der Waals surface area contributed by atoms with Crippen LogP contribution in [0.25, 0.3) is 0 Å². The van der Waals surface area contributed by atoms with Gasteiger partial charge in [0.1, 0.15) is 5.75 Å². The number of halogens is 3. The number of sulfonamides is 1. The molecule has 26 heavy (non-hydrogen) atoms. The molecular formula is C16H15Cl3N2O4S. The molecule has 10 heteroatoms. The molecule has 0 aliphatic heterocycles. The van der Waals surface area contributed by atoms with Gasteiger partial charge in [0.15, 0.2) is 0 Å². The summed E-state index contributed by atoms with van der Waals surface area (Å²) in [6, 6.07) is 7.62. The van der Waals surface area contributed by atoms with Crippen molar-refractivity contribution in [3.8, 4) is 5.75 Å². The van der Waals surface area contributed by atoms with Crippen LogP contribution in [0.15, 0.2) is 41.3 Å². The number of benzene rings is 2. The number of carbonyl (C=O) groups is 1. The van der Waals surface area contributed by atoms with Gasteiger partial charge in [0.25, 0.3) is 0 Å². The van der Waals surface area contributed by atoms with E-state index in [2.05, 4.69) is 10.0 Å². The van der Waals surface area contributed by atoms with Crippen molar-refractivity contribution in [2.24, 2.45) is 0 Å². The van der Waals surface area contributed by atoms with E-state index in [1.54, 1.807) is 18.2 Å². The van der Waals surface area contributed by atoms with Crippen LogP contribution in [0.2, 0.25) is 15.1 Å². The first-order chi connectivity index (χ1) is 12.2. The van der Waals surface area contributed by atoms with E-state index in [0.717, 1.165) is 0 Å². The maximum atomic E-state index is 12.4. The number of methoxy groups -OCH3 is 1. The van der Waals surface area contributed by atoms with Crippen LogP contribution in [-0.2, 0) is 14.8 Å². The number of hydrogen-bond acceptors (Lipinski definition) is 4. The molecule has 0 aliphatic rings. The highest BCUT2D eigenvalue weighted by Gasteiger charge is 2.24. The molecule has 2 aromatic rings. The van der Waals surface area contributed by atoms with Crippen molar-refractivity contribution in [1.82, 2.24) is 4.72 Å². The monoisotopic (exact) mass is 436 g/mol. The van der Waals surface area contributed by atoms with Crippen molar-refractivity contribution in [2.45, 2.75) is 17.9 Å². The summed E-state index contributed by atoms with van der Waals surface area (Å²) in [5.74, 6) is -0.284. The minimum atomic E-state index is -3.98. The van der Waals surface area contributed by atoms with Gasteiger partial charge >= 0.3 is 0 Å². The summed E-state index contributed by atoms with van der Waals surface area (Å²) in [7, 11) is -2.56. The standard InChI is InChI=1S/C16H15Cl3N2O4S/c1-9(16(22)20-15-11(17)4-3-5-12(15)18)21-26(23,24)10-6-7-14(25-2)13(19)8-10/h3-9,21H,1-2H3,(H,20,22)/t9-/m0/s1. The number of hydrogen-bond donors (Lipinski definition) is 2. The summed E-state index contributed by atoms with van der Waals surface area (Å²) < 4.78 is 32.1. The molecule has 0 spiro atoms. The maximum absolute atomic E-state index is 12.4. The van der Waals surface area contributed by atoms with Crippen LogP contribution in [0.1, 0.15) is 6.92 Å². The lowest BCUT2D eigenvalue weighted by molar-refractivity contribution is -0.117. The Hall–Kier alpha value is -1.51. The highest BCUT2D eigenvalue weighted by atomic mass is 35.5. The van der Waals surface area contributed by atoms with Crippen LogP contribution < -0.4 is 14.8 Å². The van der Waals surface area contributed by atoms with Gasteiger partial charge in [-0.15, -0.1) is 0 Å². The largest absolute Gasteiger partial charge is 0.495 e. The number of nitrogens with one attached hydrogen (secondary N) is 2. The molecule has 1 amide bonds. The average molecular weight is 438 g/mol. The topological polar surface area (TPSA) is 84.5 Å². The predicted octanol–water partition coefficient (Wildman–Crippen LogP) is 3.96. The van der Waals surface area contributed by atoms with Crippen molar-refractivity contribution < 1.29 is 17.9 Å². The molecule has 140 valence electrons. The zero-order valence-electron chi connectivity index (χ0n) is 13.7. The van der Waals surface area contributed by atoms with Crippen LogP contribution >= 0.6 is 34.8 Å². The molecule has 0 aliphatic carbocycles. The molecule has 2 aromatic carbocycles. The number of anilines is 1. The first-order valence-electron chi connectivity index (χ1n) is 7.26. The van der Waals surface area contributed by atoms with E-state index in [-0.39, 0.29) is 25.7 Å². The maximum Gasteiger partial charge on any atom is 0.242 e. The van der Waals surface area contributed by atoms with Gasteiger partial charge in [0.2, 0.25) is 15.9 Å². The van der Waals surface area contributed by atoms with Crippen LogP contribution in [-0.4, -0.2) is 27.5 Å². The molecule has 0 aromatic heterocycles. The Kier molecular flexibility index (Phi) is 6.76. The number of rotatable bonds is 6. The Morgan fingerprint density at radius 1 is 1.08 bits per heavy atom. The van der Waals surface area contributed by atoms with Crippen LogP contribution in [0.3, 0.4) is 0 Å². The lowest BCUT2D eigenvalue weighted by atomic mass is 10.3. The molecule has 0 unspecified atom stereocenters. The minimum absolute atomic E-state index is 0.0984. The number of carbonyl (C=O) groups excluding carboxylic acids is 1. The van der Waals surface area contributed by atoms with Crippen molar-refractivity contribution in [2.75, 3.05) is 12.4 Å². The quantitative estimate of drug-likeness (QED) is 0.716. The normalized spacial score (nSPS) is 12.5. The fourth-order valence-electron chi connectivity index (χ4n) is 2.02. The SMILES string of the molecule is COc1ccc(S(=O)(=O)N[C@@H](C)C(=O)Nc2c(Cl)cccc2Cl)cc1Cl. The van der Waals surface area contributed by atoms with E-state index < -0.39 is 22.0 Å². The van der Waals surface area contributed by atoms with E-state index in [9.17, 15) is 13.2 Å². The molecule has 0 bridgehead atoms. The molecule has 0 radical (unpaired) electrons. The van der Waals surface area contributed by atoms with Gasteiger partial charge in [0, 0.05) is 0 Å². The van der Waals surface area contributed by atoms with Crippen molar-refractivity contribution in [1.29, 1.82) is 0 Å². The molecule has 0 saturated heterocycles. The Bertz CT molecular complexity index is 915. The summed E-state index contributed by atoms with van der Waals surface area (Å²) in [4.78, 5) is 12.2. The second-order valence-electron chi connectivity index (χ2n) is 5.23. The lowest BCUT2D eigenvalue weighted by Crippen LogP contribution is -2.41. The summed E-state index contributed by atoms with van der Waals surface area (Å²) in [5, 5.41) is 3.12. The minimum Gasteiger partial charge on any atom is -0.495 e. The molecular weight excluding hydrogens is 423 g/mol. The average Bonchev–Trinajstić information content (AvgIpc) is 2.57. The molecule has 2 N–H and O–H groups in total. The molecule has 0 saturated carbocycles. The first-order valence-corrected chi connectivity index (χ1v) is 9.88. The second-order valence-corrected chi connectivity index (χ2v) is 8.16. The summed E-state index contributed by atoms with van der Waals surface area (Å²) in [5.41, 5.74) is 0.208. The molecule has 0 heterocycles. The first kappa shape index (κ1) is 20.8. The molecule has 2 rings (SSSR count). The van der Waals surface area contributed by atoms with E-state index in [0.29, 0.717) is 5.75 Å². The van der Waals surface area contributed by atoms with Gasteiger partial charge in [0.05, 0.1) is 38.8 Å². The van der Waals surface area contributed by atoms with Gasteiger partial charge in [-0.1, -0.05) is 40.9 Å². The van der Waals surface area contributed by atoms with Crippen molar-refractivity contribution in [3.63, 3.8) is 0 Å². The summed E-state index contributed by atoms with van der Waals surface area (Å²) >= 11 is 17.9. The Morgan fingerprint density at radius 3 is 2.23 bits per heavy atom. The van der Waals surface area contributed by atoms with Gasteiger partial charge in [-0.2, -0.15) is 4.72 Å². The third kappa shape index (κ3) is 4.81. The smallest absolute Gasteiger partial charge is 0.242 e. The second kappa shape index (κ2) is 8.45. The van der Waals surface area contributed by atoms with E-state index in [1.165, 1.54) is 32.2 Å². The predicted molar refractivity (Wildman–Crippen MR) is 103 cm³/mol. The fraction of sp³-hybridized carbons (Fsp3) is 0.188. The Labute approximate surface area is 166 Å². The van der Waals surface area contributed by atoms with E-state index >= 15 is 0 Å². The Morgan fingerprint density at radius 2 is 1.69 bits per heavy atom. The van der Waals surface area contributed by atoms with Crippen molar-refractivity contribution >= 4 is 56.4 Å². The van der Waals surface area contributed by atoms with E-state index in [1.807, 2.05) is 0 Å². The molecule has 6 nitrogen and oxygen atoms in total. The van der Waals surface area contributed by atoms with Gasteiger partial charge in [-0.05, 0) is 37.3 Å². The number of amides is 1. The molecule has 1 atom stereocenters. The molecule has 0 fully saturated rings. The van der Waals surface area contributed by atoms with Gasteiger partial charge in [-0.3, -0.25) is 4.79 Å². The van der Waals surface area contributed by atoms with Gasteiger partial charge in [-0.25, -0.2) is 8.42 Å². The van der Waals surface area contributed by atoms with Crippen LogP contribution in [0.5, 0.6) is 5.75 Å².